The molecule has 1 heterocycles. The maximum absolute atomic E-state index is 12.0. The van der Waals surface area contributed by atoms with Crippen LogP contribution in [0.25, 0.3) is 0 Å². The van der Waals surface area contributed by atoms with Gasteiger partial charge in [-0.15, -0.1) is 0 Å². The van der Waals surface area contributed by atoms with E-state index in [-0.39, 0.29) is 31.3 Å². The Hall–Kier alpha value is -2.57. The van der Waals surface area contributed by atoms with Crippen molar-refractivity contribution < 1.29 is 19.1 Å². The zero-order valence-electron chi connectivity index (χ0n) is 14.1. The highest BCUT2D eigenvalue weighted by Crippen LogP contribution is 2.24. The second-order valence-electron chi connectivity index (χ2n) is 6.47. The SMILES string of the molecule is O=C(CN1CCC(=O)NC1=O)NCc1cccc(OC2CCCC2)c1. The summed E-state index contributed by atoms with van der Waals surface area (Å²) >= 11 is 0. The summed E-state index contributed by atoms with van der Waals surface area (Å²) in [6.45, 7) is 0.579. The highest BCUT2D eigenvalue weighted by molar-refractivity contribution is 5.98. The van der Waals surface area contributed by atoms with Gasteiger partial charge in [0.05, 0.1) is 6.10 Å². The lowest BCUT2D eigenvalue weighted by molar-refractivity contribution is -0.125. The van der Waals surface area contributed by atoms with Crippen LogP contribution in [0.4, 0.5) is 4.79 Å². The highest BCUT2D eigenvalue weighted by Gasteiger charge is 2.24. The van der Waals surface area contributed by atoms with Gasteiger partial charge < -0.3 is 15.0 Å². The van der Waals surface area contributed by atoms with Gasteiger partial charge >= 0.3 is 6.03 Å². The number of hydrogen-bond acceptors (Lipinski definition) is 4. The first-order valence-corrected chi connectivity index (χ1v) is 8.71. The zero-order chi connectivity index (χ0) is 17.6. The minimum atomic E-state index is -0.515. The van der Waals surface area contributed by atoms with Gasteiger partial charge in [0.25, 0.3) is 0 Å². The largest absolute Gasteiger partial charge is 0.490 e. The Balaban J connectivity index is 1.46. The predicted molar refractivity (Wildman–Crippen MR) is 90.9 cm³/mol. The number of benzene rings is 1. The van der Waals surface area contributed by atoms with Gasteiger partial charge in [0, 0.05) is 19.5 Å². The Kier molecular flexibility index (Phi) is 5.53. The van der Waals surface area contributed by atoms with E-state index in [0.717, 1.165) is 24.2 Å². The summed E-state index contributed by atoms with van der Waals surface area (Å²) in [5, 5.41) is 5.00. The fraction of sp³-hybridized carbons (Fsp3) is 0.500. The fourth-order valence-electron chi connectivity index (χ4n) is 3.11. The minimum Gasteiger partial charge on any atom is -0.490 e. The fourth-order valence-corrected chi connectivity index (χ4v) is 3.11. The van der Waals surface area contributed by atoms with Crippen LogP contribution in [0.15, 0.2) is 24.3 Å². The van der Waals surface area contributed by atoms with Gasteiger partial charge in [-0.25, -0.2) is 4.79 Å². The summed E-state index contributed by atoms with van der Waals surface area (Å²) in [5.41, 5.74) is 0.946. The molecule has 0 aromatic heterocycles. The number of amides is 4. The molecule has 2 aliphatic rings. The second-order valence-corrected chi connectivity index (χ2v) is 6.47. The van der Waals surface area contributed by atoms with Gasteiger partial charge in [-0.2, -0.15) is 0 Å². The monoisotopic (exact) mass is 345 g/mol. The average molecular weight is 345 g/mol. The van der Waals surface area contributed by atoms with Crippen LogP contribution in [0.1, 0.15) is 37.7 Å². The van der Waals surface area contributed by atoms with Gasteiger partial charge in [0.2, 0.25) is 11.8 Å². The molecule has 3 rings (SSSR count). The van der Waals surface area contributed by atoms with Crippen molar-refractivity contribution in [3.63, 3.8) is 0 Å². The van der Waals surface area contributed by atoms with E-state index in [1.807, 2.05) is 24.3 Å². The average Bonchev–Trinajstić information content (AvgIpc) is 3.09. The van der Waals surface area contributed by atoms with Gasteiger partial charge in [0.15, 0.2) is 0 Å². The van der Waals surface area contributed by atoms with E-state index < -0.39 is 6.03 Å². The van der Waals surface area contributed by atoms with E-state index in [9.17, 15) is 14.4 Å². The molecule has 134 valence electrons. The lowest BCUT2D eigenvalue weighted by Gasteiger charge is -2.25. The molecule has 1 saturated carbocycles. The summed E-state index contributed by atoms with van der Waals surface area (Å²) in [6, 6.07) is 7.19. The molecule has 4 amide bonds. The van der Waals surface area contributed by atoms with Crippen molar-refractivity contribution in [2.75, 3.05) is 13.1 Å². The van der Waals surface area contributed by atoms with E-state index in [1.165, 1.54) is 17.7 Å². The predicted octanol–water partition coefficient (Wildman–Crippen LogP) is 1.57. The number of ether oxygens (including phenoxy) is 1. The topological polar surface area (TPSA) is 87.7 Å². The van der Waals surface area contributed by atoms with Crippen molar-refractivity contribution in [3.05, 3.63) is 29.8 Å². The molecule has 0 bridgehead atoms. The Labute approximate surface area is 146 Å². The van der Waals surface area contributed by atoms with Crippen molar-refractivity contribution in [1.82, 2.24) is 15.5 Å². The first kappa shape index (κ1) is 17.3. The number of hydrogen-bond donors (Lipinski definition) is 2. The minimum absolute atomic E-state index is 0.0582. The number of urea groups is 1. The van der Waals surface area contributed by atoms with E-state index >= 15 is 0 Å². The van der Waals surface area contributed by atoms with Crippen LogP contribution < -0.4 is 15.4 Å². The molecule has 7 nitrogen and oxygen atoms in total. The number of carbonyl (C=O) groups excluding carboxylic acids is 3. The van der Waals surface area contributed by atoms with E-state index in [4.69, 9.17) is 4.74 Å². The molecule has 1 aliphatic carbocycles. The molecule has 1 aromatic carbocycles. The second kappa shape index (κ2) is 8.00. The summed E-state index contributed by atoms with van der Waals surface area (Å²) in [4.78, 5) is 36.1. The molecular formula is C18H23N3O4. The molecule has 1 saturated heterocycles. The molecule has 1 aliphatic heterocycles. The van der Waals surface area contributed by atoms with E-state index in [2.05, 4.69) is 10.6 Å². The Bertz CT molecular complexity index is 655. The molecule has 25 heavy (non-hydrogen) atoms. The third-order valence-electron chi connectivity index (χ3n) is 4.47. The Morgan fingerprint density at radius 1 is 1.28 bits per heavy atom. The van der Waals surface area contributed by atoms with Crippen molar-refractivity contribution in [3.8, 4) is 5.75 Å². The molecule has 0 radical (unpaired) electrons. The summed E-state index contributed by atoms with van der Waals surface area (Å²) < 4.78 is 5.96. The van der Waals surface area contributed by atoms with E-state index in [0.29, 0.717) is 12.6 Å². The van der Waals surface area contributed by atoms with Crippen LogP contribution in [0.5, 0.6) is 5.75 Å². The standard InChI is InChI=1S/C18H23N3O4/c22-16-8-9-21(18(24)20-16)12-17(23)19-11-13-4-3-7-15(10-13)25-14-5-1-2-6-14/h3-4,7,10,14H,1-2,5-6,8-9,11-12H2,(H,19,23)(H,20,22,24). The van der Waals surface area contributed by atoms with Crippen LogP contribution in [0, 0.1) is 0 Å². The highest BCUT2D eigenvalue weighted by atomic mass is 16.5. The van der Waals surface area contributed by atoms with Crippen LogP contribution in [-0.4, -0.2) is 41.9 Å². The lowest BCUT2D eigenvalue weighted by Crippen LogP contribution is -2.52. The first-order chi connectivity index (χ1) is 12.1. The smallest absolute Gasteiger partial charge is 0.324 e. The number of rotatable bonds is 6. The number of imide groups is 1. The third kappa shape index (κ3) is 4.95. The third-order valence-corrected chi connectivity index (χ3v) is 4.47. The van der Waals surface area contributed by atoms with Crippen molar-refractivity contribution in [2.45, 2.75) is 44.8 Å². The van der Waals surface area contributed by atoms with Crippen LogP contribution >= 0.6 is 0 Å². The zero-order valence-corrected chi connectivity index (χ0v) is 14.1. The summed E-state index contributed by atoms with van der Waals surface area (Å²) in [7, 11) is 0. The quantitative estimate of drug-likeness (QED) is 0.819. The molecule has 0 unspecified atom stereocenters. The summed E-state index contributed by atoms with van der Waals surface area (Å²) in [6.07, 6.45) is 5.15. The number of carbonyl (C=O) groups is 3. The van der Waals surface area contributed by atoms with Crippen LogP contribution in [-0.2, 0) is 16.1 Å². The Morgan fingerprint density at radius 3 is 2.84 bits per heavy atom. The van der Waals surface area contributed by atoms with Gasteiger partial charge in [0.1, 0.15) is 12.3 Å². The number of nitrogens with one attached hydrogen (secondary N) is 2. The molecule has 2 fully saturated rings. The maximum Gasteiger partial charge on any atom is 0.324 e. The normalized spacial score (nSPS) is 18.2. The van der Waals surface area contributed by atoms with Crippen LogP contribution in [0.3, 0.4) is 0 Å². The van der Waals surface area contributed by atoms with Gasteiger partial charge in [-0.05, 0) is 43.4 Å². The molecular weight excluding hydrogens is 322 g/mol. The van der Waals surface area contributed by atoms with Gasteiger partial charge in [-0.3, -0.25) is 14.9 Å². The molecule has 2 N–H and O–H groups in total. The molecule has 7 heteroatoms. The van der Waals surface area contributed by atoms with Crippen molar-refractivity contribution in [1.29, 1.82) is 0 Å². The van der Waals surface area contributed by atoms with Gasteiger partial charge in [-0.1, -0.05) is 12.1 Å². The summed E-state index contributed by atoms with van der Waals surface area (Å²) in [5.74, 6) is 0.264. The Morgan fingerprint density at radius 2 is 2.08 bits per heavy atom. The molecule has 1 aromatic rings. The first-order valence-electron chi connectivity index (χ1n) is 8.71. The van der Waals surface area contributed by atoms with E-state index in [1.54, 1.807) is 0 Å². The molecule has 0 spiro atoms. The van der Waals surface area contributed by atoms with Crippen molar-refractivity contribution in [2.24, 2.45) is 0 Å². The number of nitrogens with zero attached hydrogens (tertiary/aromatic N) is 1. The van der Waals surface area contributed by atoms with Crippen molar-refractivity contribution >= 4 is 17.8 Å². The maximum atomic E-state index is 12.0. The van der Waals surface area contributed by atoms with Crippen LogP contribution in [0.2, 0.25) is 0 Å². The molecule has 0 atom stereocenters. The lowest BCUT2D eigenvalue weighted by atomic mass is 10.2.